The van der Waals surface area contributed by atoms with E-state index in [0.29, 0.717) is 58.4 Å². The highest BCUT2D eigenvalue weighted by Crippen LogP contribution is 2.40. The molecule has 6 rings (SSSR count). The van der Waals surface area contributed by atoms with Crippen molar-refractivity contribution in [3.63, 3.8) is 0 Å². The SMILES string of the molecule is Cc1nc2cc(C(F)(F)F)c(CN3CCOCC3)c(C#N)c2c(=O)n1CCOc1ccc(Cl)cc1-c1ccnc2c(C(=O)O)csc12. The second kappa shape index (κ2) is 12.9. The zero-order valence-corrected chi connectivity index (χ0v) is 26.3. The highest BCUT2D eigenvalue weighted by Gasteiger charge is 2.37. The number of pyridine rings is 1. The predicted octanol–water partition coefficient (Wildman–Crippen LogP) is 6.13. The summed E-state index contributed by atoms with van der Waals surface area (Å²) in [4.78, 5) is 35.8. The minimum atomic E-state index is -4.77. The first kappa shape index (κ1) is 32.4. The average molecular weight is 684 g/mol. The van der Waals surface area contributed by atoms with Gasteiger partial charge < -0.3 is 14.6 Å². The lowest BCUT2D eigenvalue weighted by molar-refractivity contribution is -0.138. The van der Waals surface area contributed by atoms with Crippen molar-refractivity contribution in [3.05, 3.63) is 85.4 Å². The van der Waals surface area contributed by atoms with Gasteiger partial charge in [0.25, 0.3) is 5.56 Å². The van der Waals surface area contributed by atoms with Crippen molar-refractivity contribution < 1.29 is 32.5 Å². The van der Waals surface area contributed by atoms with Crippen LogP contribution in [0.25, 0.3) is 32.2 Å². The summed E-state index contributed by atoms with van der Waals surface area (Å²) in [5.41, 5.74) is -0.869. The molecule has 0 aliphatic carbocycles. The van der Waals surface area contributed by atoms with Gasteiger partial charge in [0.2, 0.25) is 0 Å². The average Bonchev–Trinajstić information content (AvgIpc) is 3.48. The molecule has 15 heteroatoms. The van der Waals surface area contributed by atoms with Crippen molar-refractivity contribution in [1.29, 1.82) is 5.26 Å². The van der Waals surface area contributed by atoms with Crippen LogP contribution in [0, 0.1) is 18.3 Å². The summed E-state index contributed by atoms with van der Waals surface area (Å²) >= 11 is 7.54. The standard InChI is InChI=1S/C32H25ClF3N5O5S/c1-17-39-25-13-24(32(34,35)36)22(15-40-6-9-45-10-7-40)21(14-37)27(25)30(42)41(17)8-11-46-26-3-2-18(33)12-20(26)19-4-5-38-28-23(31(43)44)16-47-29(19)28/h2-5,12-13,16H,6-11,15H2,1H3,(H,43,44). The van der Waals surface area contributed by atoms with Crippen LogP contribution in [0.3, 0.4) is 0 Å². The van der Waals surface area contributed by atoms with Gasteiger partial charge in [-0.25, -0.2) is 9.78 Å². The molecule has 0 bridgehead atoms. The number of carboxylic acid groups (broad SMARTS) is 1. The molecular weight excluding hydrogens is 659 g/mol. The normalized spacial score (nSPS) is 14.0. The van der Waals surface area contributed by atoms with E-state index >= 15 is 0 Å². The number of nitriles is 1. The zero-order valence-electron chi connectivity index (χ0n) is 24.7. The number of benzene rings is 2. The van der Waals surface area contributed by atoms with Crippen molar-refractivity contribution in [2.24, 2.45) is 0 Å². The number of halogens is 4. The van der Waals surface area contributed by atoms with Crippen molar-refractivity contribution >= 4 is 50.0 Å². The Morgan fingerprint density at radius 2 is 1.98 bits per heavy atom. The molecule has 0 atom stereocenters. The van der Waals surface area contributed by atoms with Crippen LogP contribution in [0.5, 0.6) is 5.75 Å². The number of morpholine rings is 1. The Morgan fingerprint density at radius 3 is 2.68 bits per heavy atom. The number of hydrogen-bond acceptors (Lipinski definition) is 9. The number of alkyl halides is 3. The maximum absolute atomic E-state index is 14.2. The lowest BCUT2D eigenvalue weighted by atomic mass is 9.96. The molecule has 0 unspecified atom stereocenters. The Labute approximate surface area is 274 Å². The van der Waals surface area contributed by atoms with Crippen LogP contribution in [-0.2, 0) is 24.0 Å². The number of rotatable bonds is 8. The lowest BCUT2D eigenvalue weighted by Gasteiger charge is -2.28. The van der Waals surface area contributed by atoms with E-state index in [1.54, 1.807) is 29.2 Å². The van der Waals surface area contributed by atoms with Gasteiger partial charge in [-0.2, -0.15) is 18.4 Å². The number of aromatic nitrogens is 3. The van der Waals surface area contributed by atoms with Crippen molar-refractivity contribution in [2.45, 2.75) is 26.2 Å². The van der Waals surface area contributed by atoms with Gasteiger partial charge >= 0.3 is 12.1 Å². The maximum atomic E-state index is 14.2. The number of ether oxygens (including phenoxy) is 2. The fraction of sp³-hybridized carbons (Fsp3) is 0.281. The fourth-order valence-corrected chi connectivity index (χ4v) is 6.90. The first-order chi connectivity index (χ1) is 22.5. The first-order valence-electron chi connectivity index (χ1n) is 14.3. The Morgan fingerprint density at radius 1 is 1.21 bits per heavy atom. The van der Waals surface area contributed by atoms with E-state index in [1.165, 1.54) is 34.4 Å². The minimum absolute atomic E-state index is 0.0335. The van der Waals surface area contributed by atoms with Gasteiger partial charge in [0.05, 0.1) is 57.6 Å². The molecule has 242 valence electrons. The molecule has 0 saturated carbocycles. The summed E-state index contributed by atoms with van der Waals surface area (Å²) in [6.45, 7) is 2.72. The third kappa shape index (κ3) is 6.27. The van der Waals surface area contributed by atoms with Crippen LogP contribution in [0.1, 0.15) is 32.9 Å². The third-order valence-corrected chi connectivity index (χ3v) is 9.18. The van der Waals surface area contributed by atoms with Crippen LogP contribution in [-0.4, -0.2) is 63.4 Å². The monoisotopic (exact) mass is 683 g/mol. The molecule has 3 aromatic heterocycles. The summed E-state index contributed by atoms with van der Waals surface area (Å²) in [5, 5.41) is 21.4. The van der Waals surface area contributed by atoms with Gasteiger partial charge in [0, 0.05) is 47.4 Å². The Balaban J connectivity index is 1.36. The van der Waals surface area contributed by atoms with E-state index < -0.39 is 23.3 Å². The predicted molar refractivity (Wildman–Crippen MR) is 169 cm³/mol. The summed E-state index contributed by atoms with van der Waals surface area (Å²) in [7, 11) is 0. The molecule has 5 aromatic rings. The quantitative estimate of drug-likeness (QED) is 0.205. The number of hydrogen-bond donors (Lipinski definition) is 1. The third-order valence-electron chi connectivity index (χ3n) is 7.94. The number of thiophene rings is 1. The second-order valence-corrected chi connectivity index (χ2v) is 12.1. The number of aryl methyl sites for hydroxylation is 1. The minimum Gasteiger partial charge on any atom is -0.491 e. The molecule has 47 heavy (non-hydrogen) atoms. The van der Waals surface area contributed by atoms with Gasteiger partial charge in [-0.1, -0.05) is 11.6 Å². The zero-order chi connectivity index (χ0) is 33.5. The molecule has 1 saturated heterocycles. The van der Waals surface area contributed by atoms with Gasteiger partial charge in [-0.05, 0) is 42.8 Å². The maximum Gasteiger partial charge on any atom is 0.416 e. The Bertz CT molecular complexity index is 2140. The van der Waals surface area contributed by atoms with Gasteiger partial charge in [-0.3, -0.25) is 19.2 Å². The molecule has 1 aliphatic rings. The van der Waals surface area contributed by atoms with Gasteiger partial charge in [0.15, 0.2) is 0 Å². The number of carboxylic acids is 1. The lowest BCUT2D eigenvalue weighted by Crippen LogP contribution is -2.36. The van der Waals surface area contributed by atoms with Crippen LogP contribution >= 0.6 is 22.9 Å². The molecule has 0 spiro atoms. The smallest absolute Gasteiger partial charge is 0.416 e. The van der Waals surface area contributed by atoms with Crippen molar-refractivity contribution in [2.75, 3.05) is 32.9 Å². The van der Waals surface area contributed by atoms with Gasteiger partial charge in [0.1, 0.15) is 24.3 Å². The van der Waals surface area contributed by atoms with Crippen molar-refractivity contribution in [1.82, 2.24) is 19.4 Å². The number of fused-ring (bicyclic) bond motifs is 2. The molecular formula is C32H25ClF3N5O5S. The van der Waals surface area contributed by atoms with E-state index in [1.807, 2.05) is 6.07 Å². The van der Waals surface area contributed by atoms with E-state index in [4.69, 9.17) is 21.1 Å². The molecule has 1 N–H and O–H groups in total. The molecule has 0 amide bonds. The summed E-state index contributed by atoms with van der Waals surface area (Å²) < 4.78 is 56.0. The molecule has 4 heterocycles. The number of carbonyl (C=O) groups is 1. The Hall–Kier alpha value is -4.55. The number of nitrogens with zero attached hydrogens (tertiary/aromatic N) is 5. The molecule has 10 nitrogen and oxygen atoms in total. The first-order valence-corrected chi connectivity index (χ1v) is 15.6. The highest BCUT2D eigenvalue weighted by molar-refractivity contribution is 7.18. The fourth-order valence-electron chi connectivity index (χ4n) is 5.70. The molecule has 2 aromatic carbocycles. The van der Waals surface area contributed by atoms with Crippen LogP contribution in [0.4, 0.5) is 13.2 Å². The van der Waals surface area contributed by atoms with E-state index in [0.717, 1.165) is 6.07 Å². The molecule has 1 aliphatic heterocycles. The van der Waals surface area contributed by atoms with Gasteiger partial charge in [-0.15, -0.1) is 11.3 Å². The van der Waals surface area contributed by atoms with Crippen molar-refractivity contribution in [3.8, 4) is 22.9 Å². The van der Waals surface area contributed by atoms with E-state index in [9.17, 15) is 33.1 Å². The van der Waals surface area contributed by atoms with E-state index in [-0.39, 0.29) is 53.1 Å². The largest absolute Gasteiger partial charge is 0.491 e. The van der Waals surface area contributed by atoms with E-state index in [2.05, 4.69) is 9.97 Å². The highest BCUT2D eigenvalue weighted by atomic mass is 35.5. The number of aromatic carboxylic acids is 1. The topological polar surface area (TPSA) is 131 Å². The summed E-state index contributed by atoms with van der Waals surface area (Å²) in [6, 6.07) is 9.38. The van der Waals surface area contributed by atoms with Crippen LogP contribution in [0.2, 0.25) is 5.02 Å². The van der Waals surface area contributed by atoms with Crippen LogP contribution in [0.15, 0.2) is 46.7 Å². The van der Waals surface area contributed by atoms with Crippen LogP contribution < -0.4 is 10.3 Å². The second-order valence-electron chi connectivity index (χ2n) is 10.8. The summed E-state index contributed by atoms with van der Waals surface area (Å²) in [5.74, 6) is -0.557. The Kier molecular flexibility index (Phi) is 8.91. The summed E-state index contributed by atoms with van der Waals surface area (Å²) in [6.07, 6.45) is -3.27. The molecule has 1 fully saturated rings. The molecule has 0 radical (unpaired) electrons.